The van der Waals surface area contributed by atoms with Crippen LogP contribution in [0.3, 0.4) is 0 Å². The quantitative estimate of drug-likeness (QED) is 0.628. The Bertz CT molecular complexity index is 821. The van der Waals surface area contributed by atoms with Gasteiger partial charge in [-0.25, -0.2) is 4.98 Å². The summed E-state index contributed by atoms with van der Waals surface area (Å²) in [5, 5.41) is 7.10. The molecule has 146 valence electrons. The number of aromatic nitrogens is 2. The summed E-state index contributed by atoms with van der Waals surface area (Å²) in [6, 6.07) is 6.63. The Morgan fingerprint density at radius 2 is 2.19 bits per heavy atom. The Kier molecular flexibility index (Phi) is 5.08. The zero-order valence-electron chi connectivity index (χ0n) is 16.7. The lowest BCUT2D eigenvalue weighted by atomic mass is 9.60. The molecule has 2 aliphatic rings. The van der Waals surface area contributed by atoms with Crippen LogP contribution in [-0.2, 0) is 11.3 Å². The molecule has 2 saturated carbocycles. The lowest BCUT2D eigenvalue weighted by Gasteiger charge is -2.54. The second-order valence-corrected chi connectivity index (χ2v) is 7.87. The number of ether oxygens (including phenoxy) is 1. The Labute approximate surface area is 161 Å². The smallest absolute Gasteiger partial charge is 0.191 e. The van der Waals surface area contributed by atoms with E-state index in [0.29, 0.717) is 24.1 Å². The second kappa shape index (κ2) is 7.50. The average molecular weight is 370 g/mol. The molecule has 2 fully saturated rings. The summed E-state index contributed by atoms with van der Waals surface area (Å²) < 4.78 is 8.15. The van der Waals surface area contributed by atoms with Gasteiger partial charge < -0.3 is 19.8 Å². The van der Waals surface area contributed by atoms with Crippen LogP contribution in [0.1, 0.15) is 50.4 Å². The van der Waals surface area contributed by atoms with Gasteiger partial charge in [0, 0.05) is 37.0 Å². The van der Waals surface area contributed by atoms with E-state index < -0.39 is 0 Å². The van der Waals surface area contributed by atoms with Crippen molar-refractivity contribution in [2.45, 2.75) is 64.6 Å². The summed E-state index contributed by atoms with van der Waals surface area (Å²) >= 11 is 0. The third kappa shape index (κ3) is 3.31. The summed E-state index contributed by atoms with van der Waals surface area (Å²) in [5.41, 5.74) is 3.49. The molecule has 6 heteroatoms. The number of nitrogens with zero attached hydrogens (tertiary/aromatic N) is 3. The molecule has 0 aliphatic heterocycles. The number of imidazole rings is 1. The van der Waals surface area contributed by atoms with Gasteiger partial charge in [-0.05, 0) is 45.2 Å². The summed E-state index contributed by atoms with van der Waals surface area (Å²) in [7, 11) is 1.84. The van der Waals surface area contributed by atoms with Gasteiger partial charge in [-0.1, -0.05) is 18.9 Å². The number of nitrogens with one attached hydrogen (secondary N) is 2. The van der Waals surface area contributed by atoms with Gasteiger partial charge in [-0.2, -0.15) is 0 Å². The molecule has 0 radical (unpaired) electrons. The molecule has 4 rings (SSSR count). The van der Waals surface area contributed by atoms with E-state index in [0.717, 1.165) is 30.3 Å². The van der Waals surface area contributed by atoms with Crippen LogP contribution >= 0.6 is 0 Å². The van der Waals surface area contributed by atoms with Crippen molar-refractivity contribution < 1.29 is 4.74 Å². The fraction of sp³-hybridized carbons (Fsp3) is 0.619. The van der Waals surface area contributed by atoms with Crippen LogP contribution in [-0.4, -0.2) is 41.1 Å². The molecule has 1 spiro atoms. The van der Waals surface area contributed by atoms with Gasteiger partial charge in [0.1, 0.15) is 5.65 Å². The summed E-state index contributed by atoms with van der Waals surface area (Å²) in [6.45, 7) is 5.66. The van der Waals surface area contributed by atoms with Gasteiger partial charge >= 0.3 is 0 Å². The molecule has 6 nitrogen and oxygen atoms in total. The first kappa shape index (κ1) is 18.3. The van der Waals surface area contributed by atoms with Gasteiger partial charge in [0.25, 0.3) is 0 Å². The lowest BCUT2D eigenvalue weighted by Crippen LogP contribution is -2.65. The van der Waals surface area contributed by atoms with Crippen molar-refractivity contribution in [2.75, 3.05) is 13.7 Å². The highest BCUT2D eigenvalue weighted by Crippen LogP contribution is 2.54. The van der Waals surface area contributed by atoms with Crippen molar-refractivity contribution in [3.05, 3.63) is 35.8 Å². The maximum absolute atomic E-state index is 6.02. The zero-order chi connectivity index (χ0) is 18.9. The van der Waals surface area contributed by atoms with Gasteiger partial charge in [0.05, 0.1) is 18.3 Å². The topological polar surface area (TPSA) is 63.0 Å². The number of pyridine rings is 1. The predicted molar refractivity (Wildman–Crippen MR) is 108 cm³/mol. The second-order valence-electron chi connectivity index (χ2n) is 7.87. The fourth-order valence-corrected chi connectivity index (χ4v) is 4.91. The van der Waals surface area contributed by atoms with E-state index in [4.69, 9.17) is 9.72 Å². The van der Waals surface area contributed by atoms with E-state index in [-0.39, 0.29) is 0 Å². The summed E-state index contributed by atoms with van der Waals surface area (Å²) in [4.78, 5) is 9.14. The molecule has 27 heavy (non-hydrogen) atoms. The first-order valence-corrected chi connectivity index (χ1v) is 10.2. The molecule has 2 aromatic rings. The van der Waals surface area contributed by atoms with E-state index in [2.05, 4.69) is 46.1 Å². The van der Waals surface area contributed by atoms with E-state index in [9.17, 15) is 0 Å². The van der Waals surface area contributed by atoms with E-state index in [1.54, 1.807) is 0 Å². The SMILES string of the molecule is CCOC1CC(NC(=NC)NCc2cn3c(C)cccc3n2)C12CCCC2. The van der Waals surface area contributed by atoms with Gasteiger partial charge in [0.15, 0.2) is 5.96 Å². The highest BCUT2D eigenvalue weighted by molar-refractivity contribution is 5.80. The van der Waals surface area contributed by atoms with Crippen LogP contribution in [0, 0.1) is 12.3 Å². The Morgan fingerprint density at radius 1 is 1.37 bits per heavy atom. The van der Waals surface area contributed by atoms with Crippen molar-refractivity contribution >= 4 is 11.6 Å². The minimum Gasteiger partial charge on any atom is -0.378 e. The average Bonchev–Trinajstić information content (AvgIpc) is 3.32. The highest BCUT2D eigenvalue weighted by Gasteiger charge is 2.56. The highest BCUT2D eigenvalue weighted by atomic mass is 16.5. The first-order chi connectivity index (χ1) is 13.2. The molecule has 0 aromatic carbocycles. The number of aryl methyl sites for hydroxylation is 1. The Hall–Kier alpha value is -2.08. The van der Waals surface area contributed by atoms with Crippen LogP contribution < -0.4 is 10.6 Å². The normalized spacial score (nSPS) is 24.3. The molecule has 2 atom stereocenters. The van der Waals surface area contributed by atoms with Crippen LogP contribution in [0.25, 0.3) is 5.65 Å². The molecule has 2 aliphatic carbocycles. The third-order valence-electron chi connectivity index (χ3n) is 6.40. The molecular weight excluding hydrogens is 338 g/mol. The van der Waals surface area contributed by atoms with Crippen molar-refractivity contribution in [1.29, 1.82) is 0 Å². The van der Waals surface area contributed by atoms with Crippen LogP contribution in [0.5, 0.6) is 0 Å². The van der Waals surface area contributed by atoms with Crippen LogP contribution in [0.2, 0.25) is 0 Å². The molecule has 2 aromatic heterocycles. The predicted octanol–water partition coefficient (Wildman–Crippen LogP) is 3.05. The van der Waals surface area contributed by atoms with E-state index in [1.807, 2.05) is 19.2 Å². The number of aliphatic imine (C=N–C) groups is 1. The molecule has 0 saturated heterocycles. The van der Waals surface area contributed by atoms with Crippen LogP contribution in [0.4, 0.5) is 0 Å². The zero-order valence-corrected chi connectivity index (χ0v) is 16.7. The fourth-order valence-electron chi connectivity index (χ4n) is 4.91. The minimum absolute atomic E-state index is 0.299. The van der Waals surface area contributed by atoms with Crippen molar-refractivity contribution in [3.63, 3.8) is 0 Å². The minimum atomic E-state index is 0.299. The maximum Gasteiger partial charge on any atom is 0.191 e. The van der Waals surface area contributed by atoms with Crippen molar-refractivity contribution in [3.8, 4) is 0 Å². The van der Waals surface area contributed by atoms with Crippen molar-refractivity contribution in [1.82, 2.24) is 20.0 Å². The number of fused-ring (bicyclic) bond motifs is 1. The summed E-state index contributed by atoms with van der Waals surface area (Å²) in [5.74, 6) is 0.856. The number of hydrogen-bond acceptors (Lipinski definition) is 3. The number of rotatable bonds is 5. The molecule has 2 N–H and O–H groups in total. The molecule has 0 bridgehead atoms. The van der Waals surface area contributed by atoms with Gasteiger partial charge in [0.2, 0.25) is 0 Å². The van der Waals surface area contributed by atoms with E-state index in [1.165, 1.54) is 31.4 Å². The first-order valence-electron chi connectivity index (χ1n) is 10.2. The molecular formula is C21H31N5O. The number of hydrogen-bond donors (Lipinski definition) is 2. The monoisotopic (exact) mass is 369 g/mol. The third-order valence-corrected chi connectivity index (χ3v) is 6.40. The maximum atomic E-state index is 6.02. The summed E-state index contributed by atoms with van der Waals surface area (Å²) in [6.07, 6.45) is 8.72. The van der Waals surface area contributed by atoms with Crippen LogP contribution in [0.15, 0.2) is 29.4 Å². The lowest BCUT2D eigenvalue weighted by molar-refractivity contribution is -0.125. The Balaban J connectivity index is 1.39. The Morgan fingerprint density at radius 3 is 2.89 bits per heavy atom. The van der Waals surface area contributed by atoms with Crippen molar-refractivity contribution in [2.24, 2.45) is 10.4 Å². The molecule has 2 heterocycles. The largest absolute Gasteiger partial charge is 0.378 e. The molecule has 0 amide bonds. The van der Waals surface area contributed by atoms with Gasteiger partial charge in [-0.3, -0.25) is 4.99 Å². The number of guanidine groups is 1. The van der Waals surface area contributed by atoms with Gasteiger partial charge in [-0.15, -0.1) is 0 Å². The standard InChI is InChI=1S/C21H31N5O/c1-4-27-18-12-17(21(18)10-5-6-11-21)25-20(22-3)23-13-16-14-26-15(2)8-7-9-19(26)24-16/h7-9,14,17-18H,4-6,10-13H2,1-3H3,(H2,22,23,25). The van der Waals surface area contributed by atoms with E-state index >= 15 is 0 Å². The molecule has 2 unspecified atom stereocenters.